The van der Waals surface area contributed by atoms with E-state index in [2.05, 4.69) is 26.1 Å². The molecule has 0 aromatic carbocycles. The lowest BCUT2D eigenvalue weighted by molar-refractivity contribution is 0.163. The Hall–Kier alpha value is 0.270. The maximum Gasteiger partial charge on any atom is 0.0610 e. The monoisotopic (exact) mass is 233 g/mol. The first-order valence-electron chi connectivity index (χ1n) is 6.12. The highest BCUT2D eigenvalue weighted by molar-refractivity contribution is 7.99. The molecule has 1 unspecified atom stereocenters. The third-order valence-corrected chi connectivity index (χ3v) is 3.61. The van der Waals surface area contributed by atoms with Crippen molar-refractivity contribution in [3.05, 3.63) is 0 Å². The molecule has 2 nitrogen and oxygen atoms in total. The van der Waals surface area contributed by atoms with Gasteiger partial charge in [-0.3, -0.25) is 0 Å². The Balaban J connectivity index is 3.58. The second-order valence-electron chi connectivity index (χ2n) is 4.30. The number of aliphatic hydroxyl groups is 1. The van der Waals surface area contributed by atoms with E-state index in [1.807, 2.05) is 11.8 Å². The first-order chi connectivity index (χ1) is 7.18. The second-order valence-corrected chi connectivity index (χ2v) is 5.69. The van der Waals surface area contributed by atoms with E-state index < -0.39 is 0 Å². The Kier molecular flexibility index (Phi) is 9.66. The molecule has 0 aromatic heterocycles. The van der Waals surface area contributed by atoms with Gasteiger partial charge >= 0.3 is 0 Å². The summed E-state index contributed by atoms with van der Waals surface area (Å²) in [5.74, 6) is 2.47. The van der Waals surface area contributed by atoms with E-state index in [1.54, 1.807) is 0 Å². The lowest BCUT2D eigenvalue weighted by Crippen LogP contribution is -2.46. The predicted octanol–water partition coefficient (Wildman–Crippen LogP) is 2.66. The zero-order valence-electron chi connectivity index (χ0n) is 10.5. The van der Waals surface area contributed by atoms with E-state index >= 15 is 0 Å². The fraction of sp³-hybridized carbons (Fsp3) is 1.00. The van der Waals surface area contributed by atoms with Gasteiger partial charge in [-0.2, -0.15) is 11.8 Å². The topological polar surface area (TPSA) is 32.3 Å². The van der Waals surface area contributed by atoms with Crippen molar-refractivity contribution < 1.29 is 5.11 Å². The number of hydrogen-bond donors (Lipinski definition) is 2. The highest BCUT2D eigenvalue weighted by Gasteiger charge is 2.20. The molecule has 0 aliphatic heterocycles. The third kappa shape index (κ3) is 8.12. The van der Waals surface area contributed by atoms with Crippen molar-refractivity contribution >= 4 is 11.8 Å². The molecule has 0 radical (unpaired) electrons. The second kappa shape index (κ2) is 9.49. The lowest BCUT2D eigenvalue weighted by atomic mass is 9.96. The zero-order valence-corrected chi connectivity index (χ0v) is 11.3. The molecule has 0 bridgehead atoms. The van der Waals surface area contributed by atoms with Crippen molar-refractivity contribution in [2.75, 3.05) is 24.7 Å². The molecule has 15 heavy (non-hydrogen) atoms. The average Bonchev–Trinajstić information content (AvgIpc) is 2.26. The molecular weight excluding hydrogens is 206 g/mol. The van der Waals surface area contributed by atoms with E-state index in [4.69, 9.17) is 0 Å². The normalized spacial score (nSPS) is 15.2. The van der Waals surface area contributed by atoms with Crippen molar-refractivity contribution in [2.24, 2.45) is 0 Å². The number of unbranched alkanes of at least 4 members (excludes halogenated alkanes) is 1. The van der Waals surface area contributed by atoms with Crippen molar-refractivity contribution in [2.45, 2.75) is 52.0 Å². The van der Waals surface area contributed by atoms with Gasteiger partial charge < -0.3 is 10.4 Å². The van der Waals surface area contributed by atoms with Gasteiger partial charge in [-0.1, -0.05) is 20.3 Å². The van der Waals surface area contributed by atoms with Crippen LogP contribution in [-0.2, 0) is 0 Å². The van der Waals surface area contributed by atoms with E-state index in [1.165, 1.54) is 24.3 Å². The summed E-state index contributed by atoms with van der Waals surface area (Å²) in [6, 6.07) is 0. The summed E-state index contributed by atoms with van der Waals surface area (Å²) in [6.07, 6.45) is 4.68. The lowest BCUT2D eigenvalue weighted by Gasteiger charge is -2.28. The van der Waals surface area contributed by atoms with Crippen molar-refractivity contribution in [3.8, 4) is 0 Å². The van der Waals surface area contributed by atoms with Gasteiger partial charge in [-0.05, 0) is 44.2 Å². The molecule has 1 atom stereocenters. The molecule has 0 aromatic rings. The average molecular weight is 233 g/mol. The van der Waals surface area contributed by atoms with Crippen LogP contribution in [-0.4, -0.2) is 35.3 Å². The van der Waals surface area contributed by atoms with E-state index in [9.17, 15) is 5.11 Å². The standard InChI is InChI=1S/C12H27NOS/c1-4-9-13-12(3,11-14)8-6-7-10-15-5-2/h13-14H,4-11H2,1-3H3. The SMILES string of the molecule is CCCNC(C)(CO)CCCCSCC. The number of aliphatic hydroxyl groups excluding tert-OH is 1. The smallest absolute Gasteiger partial charge is 0.0610 e. The predicted molar refractivity (Wildman–Crippen MR) is 70.6 cm³/mol. The Morgan fingerprint density at radius 2 is 2.00 bits per heavy atom. The minimum Gasteiger partial charge on any atom is -0.394 e. The summed E-state index contributed by atoms with van der Waals surface area (Å²) in [7, 11) is 0. The highest BCUT2D eigenvalue weighted by Crippen LogP contribution is 2.15. The maximum absolute atomic E-state index is 9.35. The number of hydrogen-bond acceptors (Lipinski definition) is 3. The first kappa shape index (κ1) is 15.3. The fourth-order valence-corrected chi connectivity index (χ4v) is 2.21. The van der Waals surface area contributed by atoms with Crippen molar-refractivity contribution in [1.82, 2.24) is 5.32 Å². The van der Waals surface area contributed by atoms with Gasteiger partial charge in [0.15, 0.2) is 0 Å². The van der Waals surface area contributed by atoms with Gasteiger partial charge in [0.05, 0.1) is 6.61 Å². The molecule has 0 amide bonds. The molecular formula is C12H27NOS. The van der Waals surface area contributed by atoms with Gasteiger partial charge in [0.2, 0.25) is 0 Å². The number of rotatable bonds is 10. The van der Waals surface area contributed by atoms with Gasteiger partial charge in [0.1, 0.15) is 0 Å². The Morgan fingerprint density at radius 1 is 1.27 bits per heavy atom. The molecule has 0 fully saturated rings. The molecule has 0 rings (SSSR count). The summed E-state index contributed by atoms with van der Waals surface area (Å²) < 4.78 is 0. The van der Waals surface area contributed by atoms with Crippen molar-refractivity contribution in [1.29, 1.82) is 0 Å². The van der Waals surface area contributed by atoms with Crippen LogP contribution in [0.15, 0.2) is 0 Å². The van der Waals surface area contributed by atoms with Crippen LogP contribution in [0.1, 0.15) is 46.5 Å². The molecule has 0 spiro atoms. The minimum absolute atomic E-state index is 0.0626. The number of nitrogens with one attached hydrogen (secondary N) is 1. The van der Waals surface area contributed by atoms with Crippen molar-refractivity contribution in [3.63, 3.8) is 0 Å². The summed E-state index contributed by atoms with van der Waals surface area (Å²) in [5, 5.41) is 12.8. The van der Waals surface area contributed by atoms with Crippen LogP contribution in [0.5, 0.6) is 0 Å². The Labute approximate surface area is 99.2 Å². The van der Waals surface area contributed by atoms with E-state index in [0.29, 0.717) is 0 Å². The largest absolute Gasteiger partial charge is 0.394 e. The molecule has 0 aliphatic carbocycles. The van der Waals surface area contributed by atoms with Crippen LogP contribution in [0.3, 0.4) is 0 Å². The van der Waals surface area contributed by atoms with Crippen LogP contribution in [0.4, 0.5) is 0 Å². The Bertz CT molecular complexity index is 144. The molecule has 0 saturated heterocycles. The van der Waals surface area contributed by atoms with E-state index in [-0.39, 0.29) is 12.1 Å². The van der Waals surface area contributed by atoms with Crippen LogP contribution >= 0.6 is 11.8 Å². The quantitative estimate of drug-likeness (QED) is 0.569. The zero-order chi connectivity index (χ0) is 11.6. The minimum atomic E-state index is -0.0626. The van der Waals surface area contributed by atoms with Gasteiger partial charge in [-0.15, -0.1) is 0 Å². The molecule has 2 N–H and O–H groups in total. The van der Waals surface area contributed by atoms with Gasteiger partial charge in [-0.25, -0.2) is 0 Å². The summed E-state index contributed by atoms with van der Waals surface area (Å²) in [4.78, 5) is 0. The summed E-state index contributed by atoms with van der Waals surface area (Å²) >= 11 is 2.00. The van der Waals surface area contributed by atoms with Gasteiger partial charge in [0.25, 0.3) is 0 Å². The molecule has 0 aliphatic rings. The van der Waals surface area contributed by atoms with Gasteiger partial charge in [0, 0.05) is 5.54 Å². The third-order valence-electron chi connectivity index (χ3n) is 2.62. The highest BCUT2D eigenvalue weighted by atomic mass is 32.2. The summed E-state index contributed by atoms with van der Waals surface area (Å²) in [5.41, 5.74) is -0.0626. The molecule has 3 heteroatoms. The maximum atomic E-state index is 9.35. The molecule has 0 heterocycles. The Morgan fingerprint density at radius 3 is 2.53 bits per heavy atom. The molecule has 0 saturated carbocycles. The van der Waals surface area contributed by atoms with Crippen LogP contribution < -0.4 is 5.32 Å². The van der Waals surface area contributed by atoms with Crippen LogP contribution in [0.2, 0.25) is 0 Å². The fourth-order valence-electron chi connectivity index (χ4n) is 1.51. The summed E-state index contributed by atoms with van der Waals surface area (Å²) in [6.45, 7) is 7.72. The van der Waals surface area contributed by atoms with Crippen LogP contribution in [0, 0.1) is 0 Å². The van der Waals surface area contributed by atoms with Crippen LogP contribution in [0.25, 0.3) is 0 Å². The first-order valence-corrected chi connectivity index (χ1v) is 7.27. The number of thioether (sulfide) groups is 1. The van der Waals surface area contributed by atoms with E-state index in [0.717, 1.165) is 19.4 Å². The molecule has 92 valence electrons.